The number of rotatable bonds is 6. The summed E-state index contributed by atoms with van der Waals surface area (Å²) in [7, 11) is -3.77. The molecule has 3 aromatic heterocycles. The Hall–Kier alpha value is -3.02. The summed E-state index contributed by atoms with van der Waals surface area (Å²) in [6.45, 7) is 1.86. The van der Waals surface area contributed by atoms with Crippen LogP contribution in [0.4, 0.5) is 5.69 Å². The molecule has 0 aliphatic heterocycles. The number of hydrogen-bond donors (Lipinski definition) is 2. The summed E-state index contributed by atoms with van der Waals surface area (Å²) < 4.78 is 29.4. The number of imidazole rings is 1. The first-order valence-electron chi connectivity index (χ1n) is 8.36. The summed E-state index contributed by atoms with van der Waals surface area (Å²) in [6, 6.07) is 9.50. The lowest BCUT2D eigenvalue weighted by atomic mass is 10.2. The normalized spacial score (nSPS) is 11.9. The number of anilines is 1. The first-order valence-corrected chi connectivity index (χ1v) is 11.6. The second-order valence-electron chi connectivity index (χ2n) is 5.92. The highest BCUT2D eigenvalue weighted by molar-refractivity contribution is 7.94. The largest absolute Gasteiger partial charge is 0.289 e. The SMILES string of the molecule is Cc1nc2sccn2c1/C=N\NC(=O)c1ccccc1NS(=O)(=O)c1cccs1. The number of para-hydroxylation sites is 1. The molecule has 11 heteroatoms. The van der Waals surface area contributed by atoms with E-state index in [9.17, 15) is 13.2 Å². The molecule has 0 fully saturated rings. The number of fused-ring (bicyclic) bond motifs is 1. The topological polar surface area (TPSA) is 105 Å². The molecule has 0 spiro atoms. The Balaban J connectivity index is 1.54. The molecular formula is C18H15N5O3S3. The third kappa shape index (κ3) is 3.92. The number of benzene rings is 1. The molecule has 4 rings (SSSR count). The highest BCUT2D eigenvalue weighted by Gasteiger charge is 2.19. The molecule has 0 unspecified atom stereocenters. The first-order chi connectivity index (χ1) is 14.0. The van der Waals surface area contributed by atoms with Gasteiger partial charge in [0.25, 0.3) is 15.9 Å². The molecule has 148 valence electrons. The van der Waals surface area contributed by atoms with Gasteiger partial charge in [-0.05, 0) is 30.5 Å². The maximum Gasteiger partial charge on any atom is 0.273 e. The van der Waals surface area contributed by atoms with Crippen LogP contribution in [0.5, 0.6) is 0 Å². The van der Waals surface area contributed by atoms with Crippen molar-refractivity contribution in [3.05, 3.63) is 70.3 Å². The lowest BCUT2D eigenvalue weighted by Crippen LogP contribution is -2.21. The average Bonchev–Trinajstić information content (AvgIpc) is 3.41. The summed E-state index contributed by atoms with van der Waals surface area (Å²) in [5.74, 6) is -0.533. The number of aryl methyl sites for hydroxylation is 1. The molecule has 2 N–H and O–H groups in total. The zero-order valence-corrected chi connectivity index (χ0v) is 17.5. The molecule has 8 nitrogen and oxygen atoms in total. The standard InChI is InChI=1S/C18H15N5O3S3/c1-12-15(23-8-10-28-18(23)20-12)11-19-21-17(24)13-5-2-3-6-14(13)22-29(25,26)16-7-4-9-27-16/h2-11,22H,1H3,(H,21,24)/b19-11-. The molecular weight excluding hydrogens is 430 g/mol. The molecule has 29 heavy (non-hydrogen) atoms. The number of nitrogens with one attached hydrogen (secondary N) is 2. The van der Waals surface area contributed by atoms with Crippen LogP contribution in [-0.4, -0.2) is 29.9 Å². The van der Waals surface area contributed by atoms with Crippen LogP contribution >= 0.6 is 22.7 Å². The van der Waals surface area contributed by atoms with E-state index in [0.29, 0.717) is 0 Å². The van der Waals surface area contributed by atoms with E-state index in [-0.39, 0.29) is 15.5 Å². The number of amides is 1. The van der Waals surface area contributed by atoms with Crippen molar-refractivity contribution in [2.75, 3.05) is 4.72 Å². The lowest BCUT2D eigenvalue weighted by Gasteiger charge is -2.10. The molecule has 0 bridgehead atoms. The van der Waals surface area contributed by atoms with Gasteiger partial charge in [0.2, 0.25) is 0 Å². The monoisotopic (exact) mass is 445 g/mol. The fraction of sp³-hybridized carbons (Fsp3) is 0.0556. The van der Waals surface area contributed by atoms with Crippen molar-refractivity contribution < 1.29 is 13.2 Å². The fourth-order valence-corrected chi connectivity index (χ4v) is 5.50. The maximum atomic E-state index is 12.6. The third-order valence-electron chi connectivity index (χ3n) is 4.01. The molecule has 0 radical (unpaired) electrons. The van der Waals surface area contributed by atoms with Gasteiger partial charge < -0.3 is 0 Å². The van der Waals surface area contributed by atoms with Gasteiger partial charge in [0.05, 0.1) is 28.9 Å². The smallest absolute Gasteiger partial charge is 0.273 e. The number of carbonyl (C=O) groups excluding carboxylic acids is 1. The van der Waals surface area contributed by atoms with Crippen LogP contribution < -0.4 is 10.1 Å². The summed E-state index contributed by atoms with van der Waals surface area (Å²) in [4.78, 5) is 17.8. The summed E-state index contributed by atoms with van der Waals surface area (Å²) in [5.41, 5.74) is 4.33. The Morgan fingerprint density at radius 1 is 1.17 bits per heavy atom. The van der Waals surface area contributed by atoms with Crippen molar-refractivity contribution >= 4 is 55.5 Å². The van der Waals surface area contributed by atoms with Gasteiger partial charge in [-0.1, -0.05) is 18.2 Å². The quantitative estimate of drug-likeness (QED) is 0.351. The Labute approximate surface area is 174 Å². The van der Waals surface area contributed by atoms with Crippen LogP contribution in [0.15, 0.2) is 62.7 Å². The molecule has 0 atom stereocenters. The highest BCUT2D eigenvalue weighted by atomic mass is 32.2. The van der Waals surface area contributed by atoms with Crippen LogP contribution in [0.2, 0.25) is 0 Å². The van der Waals surface area contributed by atoms with Gasteiger partial charge in [0, 0.05) is 11.6 Å². The Morgan fingerprint density at radius 2 is 2.00 bits per heavy atom. The van der Waals surface area contributed by atoms with Gasteiger partial charge in [-0.25, -0.2) is 18.8 Å². The van der Waals surface area contributed by atoms with Crippen LogP contribution in [0.25, 0.3) is 4.96 Å². The minimum absolute atomic E-state index is 0.162. The third-order valence-corrected chi connectivity index (χ3v) is 7.53. The van der Waals surface area contributed by atoms with E-state index in [1.165, 1.54) is 35.8 Å². The number of thiophene rings is 1. The van der Waals surface area contributed by atoms with Gasteiger partial charge in [0.15, 0.2) is 4.96 Å². The maximum absolute atomic E-state index is 12.6. The van der Waals surface area contributed by atoms with Crippen LogP contribution in [-0.2, 0) is 10.0 Å². The predicted molar refractivity (Wildman–Crippen MR) is 114 cm³/mol. The number of thiazole rings is 1. The average molecular weight is 446 g/mol. The summed E-state index contributed by atoms with van der Waals surface area (Å²) in [6.07, 6.45) is 3.39. The van der Waals surface area contributed by atoms with Crippen molar-refractivity contribution in [3.8, 4) is 0 Å². The van der Waals surface area contributed by atoms with Crippen molar-refractivity contribution in [3.63, 3.8) is 0 Å². The van der Waals surface area contributed by atoms with E-state index >= 15 is 0 Å². The number of nitrogens with zero attached hydrogens (tertiary/aromatic N) is 3. The van der Waals surface area contributed by atoms with Gasteiger partial charge in [-0.15, -0.1) is 22.7 Å². The van der Waals surface area contributed by atoms with Crippen molar-refractivity contribution in [1.29, 1.82) is 0 Å². The van der Waals surface area contributed by atoms with Crippen LogP contribution in [0.1, 0.15) is 21.7 Å². The minimum atomic E-state index is -3.77. The van der Waals surface area contributed by atoms with E-state index in [2.05, 4.69) is 20.2 Å². The van der Waals surface area contributed by atoms with E-state index < -0.39 is 15.9 Å². The zero-order valence-electron chi connectivity index (χ0n) is 15.1. The Kier molecular flexibility index (Phi) is 5.18. The number of aromatic nitrogens is 2. The molecule has 1 aromatic carbocycles. The van der Waals surface area contributed by atoms with Gasteiger partial charge in [-0.3, -0.25) is 13.9 Å². The lowest BCUT2D eigenvalue weighted by molar-refractivity contribution is 0.0956. The second-order valence-corrected chi connectivity index (χ2v) is 9.65. The van der Waals surface area contributed by atoms with Gasteiger partial charge in [0.1, 0.15) is 4.21 Å². The molecule has 0 aliphatic carbocycles. The van der Waals surface area contributed by atoms with Crippen molar-refractivity contribution in [2.24, 2.45) is 5.10 Å². The summed E-state index contributed by atoms with van der Waals surface area (Å²) >= 11 is 2.60. The van der Waals surface area contributed by atoms with Gasteiger partial charge in [-0.2, -0.15) is 5.10 Å². The minimum Gasteiger partial charge on any atom is -0.289 e. The summed E-state index contributed by atoms with van der Waals surface area (Å²) in [5, 5.41) is 7.59. The van der Waals surface area contributed by atoms with Crippen LogP contribution in [0.3, 0.4) is 0 Å². The molecule has 4 aromatic rings. The highest BCUT2D eigenvalue weighted by Crippen LogP contribution is 2.23. The van der Waals surface area contributed by atoms with E-state index in [1.807, 2.05) is 22.9 Å². The van der Waals surface area contributed by atoms with Crippen LogP contribution in [0, 0.1) is 6.92 Å². The van der Waals surface area contributed by atoms with E-state index in [4.69, 9.17) is 0 Å². The number of carbonyl (C=O) groups is 1. The Morgan fingerprint density at radius 3 is 2.79 bits per heavy atom. The molecule has 0 saturated carbocycles. The van der Waals surface area contributed by atoms with E-state index in [0.717, 1.165) is 27.7 Å². The Bertz CT molecular complexity index is 1300. The number of hydrogen-bond acceptors (Lipinski definition) is 7. The molecule has 3 heterocycles. The van der Waals surface area contributed by atoms with Crippen molar-refractivity contribution in [2.45, 2.75) is 11.1 Å². The van der Waals surface area contributed by atoms with Gasteiger partial charge >= 0.3 is 0 Å². The zero-order chi connectivity index (χ0) is 20.4. The number of sulfonamides is 1. The molecule has 0 aliphatic rings. The molecule has 0 saturated heterocycles. The fourth-order valence-electron chi connectivity index (χ4n) is 2.66. The predicted octanol–water partition coefficient (Wildman–Crippen LogP) is 3.33. The molecule has 1 amide bonds. The van der Waals surface area contributed by atoms with Crippen molar-refractivity contribution in [1.82, 2.24) is 14.8 Å². The first kappa shape index (κ1) is 19.3. The number of hydrazone groups is 1. The second kappa shape index (κ2) is 7.78. The van der Waals surface area contributed by atoms with E-state index in [1.54, 1.807) is 23.6 Å².